The van der Waals surface area contributed by atoms with E-state index in [1.54, 1.807) is 0 Å². The highest BCUT2D eigenvalue weighted by atomic mass is 19.4. The molecule has 0 aliphatic heterocycles. The van der Waals surface area contributed by atoms with Crippen molar-refractivity contribution >= 4 is 11.9 Å². The standard InChI is InChI=1S/C18H18F3N3O4/c1-9-7-14(25)15(16(26)22-11(3)10(2)17(27)28)23-24(9)13-6-4-5-12(8-13)18(19,20)21/h4-8,10-11H,1-3H3,(H,22,26)(H,27,28). The molecule has 1 aromatic heterocycles. The van der Waals surface area contributed by atoms with E-state index < -0.39 is 46.7 Å². The van der Waals surface area contributed by atoms with E-state index in [2.05, 4.69) is 10.4 Å². The number of carbonyl (C=O) groups is 2. The van der Waals surface area contributed by atoms with Crippen LogP contribution in [0.4, 0.5) is 13.2 Å². The molecule has 1 heterocycles. The van der Waals surface area contributed by atoms with Gasteiger partial charge < -0.3 is 10.4 Å². The molecule has 10 heteroatoms. The maximum absolute atomic E-state index is 12.9. The van der Waals surface area contributed by atoms with Gasteiger partial charge in [0.2, 0.25) is 5.43 Å². The van der Waals surface area contributed by atoms with Gasteiger partial charge in [-0.15, -0.1) is 0 Å². The van der Waals surface area contributed by atoms with Crippen LogP contribution in [0.25, 0.3) is 5.69 Å². The highest BCUT2D eigenvalue weighted by molar-refractivity contribution is 5.92. The van der Waals surface area contributed by atoms with Crippen molar-refractivity contribution in [3.8, 4) is 5.69 Å². The first-order chi connectivity index (χ1) is 12.9. The maximum atomic E-state index is 12.9. The Kier molecular flexibility index (Phi) is 5.91. The van der Waals surface area contributed by atoms with Gasteiger partial charge in [-0.1, -0.05) is 6.07 Å². The predicted octanol–water partition coefficient (Wildman–Crippen LogP) is 2.40. The number of hydrogen-bond donors (Lipinski definition) is 2. The summed E-state index contributed by atoms with van der Waals surface area (Å²) in [7, 11) is 0. The van der Waals surface area contributed by atoms with Gasteiger partial charge in [-0.25, -0.2) is 4.68 Å². The second-order valence-electron chi connectivity index (χ2n) is 6.35. The lowest BCUT2D eigenvalue weighted by Crippen LogP contribution is -2.42. The van der Waals surface area contributed by atoms with E-state index >= 15 is 0 Å². The quantitative estimate of drug-likeness (QED) is 0.807. The topological polar surface area (TPSA) is 101 Å². The molecule has 0 radical (unpaired) electrons. The molecular weight excluding hydrogens is 379 g/mol. The Morgan fingerprint density at radius 3 is 2.43 bits per heavy atom. The minimum absolute atomic E-state index is 0.0216. The highest BCUT2D eigenvalue weighted by Gasteiger charge is 2.31. The number of aromatic nitrogens is 2. The summed E-state index contributed by atoms with van der Waals surface area (Å²) in [5.74, 6) is -2.96. The molecule has 0 spiro atoms. The number of nitrogens with zero attached hydrogens (tertiary/aromatic N) is 2. The molecule has 2 rings (SSSR count). The van der Waals surface area contributed by atoms with Gasteiger partial charge in [-0.05, 0) is 39.0 Å². The fourth-order valence-electron chi connectivity index (χ4n) is 2.39. The molecule has 0 aliphatic carbocycles. The van der Waals surface area contributed by atoms with Crippen LogP contribution in [0.5, 0.6) is 0 Å². The van der Waals surface area contributed by atoms with Gasteiger partial charge in [-0.3, -0.25) is 14.4 Å². The van der Waals surface area contributed by atoms with Gasteiger partial charge in [0.05, 0.1) is 17.2 Å². The first-order valence-corrected chi connectivity index (χ1v) is 8.24. The number of rotatable bonds is 5. The van der Waals surface area contributed by atoms with Crippen LogP contribution >= 0.6 is 0 Å². The van der Waals surface area contributed by atoms with Gasteiger partial charge in [0.15, 0.2) is 5.69 Å². The number of carboxylic acids is 1. The molecule has 2 aromatic rings. The lowest BCUT2D eigenvalue weighted by Gasteiger charge is -2.18. The maximum Gasteiger partial charge on any atom is 0.416 e. The number of nitrogens with one attached hydrogen (secondary N) is 1. The van der Waals surface area contributed by atoms with Crippen molar-refractivity contribution in [2.24, 2.45) is 5.92 Å². The Morgan fingerprint density at radius 2 is 1.86 bits per heavy atom. The zero-order valence-corrected chi connectivity index (χ0v) is 15.2. The number of carboxylic acid groups (broad SMARTS) is 1. The van der Waals surface area contributed by atoms with Gasteiger partial charge in [-0.2, -0.15) is 18.3 Å². The van der Waals surface area contributed by atoms with Crippen molar-refractivity contribution in [2.75, 3.05) is 0 Å². The van der Waals surface area contributed by atoms with Crippen LogP contribution in [0.3, 0.4) is 0 Å². The monoisotopic (exact) mass is 397 g/mol. The molecule has 0 aliphatic rings. The average Bonchev–Trinajstić information content (AvgIpc) is 2.60. The molecule has 0 saturated heterocycles. The van der Waals surface area contributed by atoms with Gasteiger partial charge in [0.1, 0.15) is 0 Å². The highest BCUT2D eigenvalue weighted by Crippen LogP contribution is 2.30. The molecule has 28 heavy (non-hydrogen) atoms. The van der Waals surface area contributed by atoms with Crippen LogP contribution < -0.4 is 10.7 Å². The van der Waals surface area contributed by atoms with E-state index in [1.165, 1.54) is 32.9 Å². The molecule has 7 nitrogen and oxygen atoms in total. The Hall–Kier alpha value is -3.17. The third-order valence-electron chi connectivity index (χ3n) is 4.24. The number of halogens is 3. The van der Waals surface area contributed by atoms with Crippen LogP contribution in [-0.4, -0.2) is 32.8 Å². The van der Waals surface area contributed by atoms with E-state index in [0.717, 1.165) is 22.9 Å². The predicted molar refractivity (Wildman–Crippen MR) is 93.3 cm³/mol. The third kappa shape index (κ3) is 4.56. The summed E-state index contributed by atoms with van der Waals surface area (Å²) in [5, 5.41) is 15.3. The average molecular weight is 397 g/mol. The summed E-state index contributed by atoms with van der Waals surface area (Å²) in [4.78, 5) is 35.5. The number of amides is 1. The molecule has 0 bridgehead atoms. The van der Waals surface area contributed by atoms with E-state index in [4.69, 9.17) is 5.11 Å². The van der Waals surface area contributed by atoms with Gasteiger partial charge in [0, 0.05) is 17.8 Å². The molecular formula is C18H18F3N3O4. The minimum Gasteiger partial charge on any atom is -0.481 e. The summed E-state index contributed by atoms with van der Waals surface area (Å²) in [5.41, 5.74) is -1.93. The van der Waals surface area contributed by atoms with E-state index in [1.807, 2.05) is 0 Å². The lowest BCUT2D eigenvalue weighted by molar-refractivity contribution is -0.142. The van der Waals surface area contributed by atoms with Crippen molar-refractivity contribution in [1.29, 1.82) is 0 Å². The third-order valence-corrected chi connectivity index (χ3v) is 4.24. The second kappa shape index (κ2) is 7.83. The van der Waals surface area contributed by atoms with Crippen molar-refractivity contribution < 1.29 is 27.9 Å². The summed E-state index contributed by atoms with van der Waals surface area (Å²) >= 11 is 0. The zero-order chi connectivity index (χ0) is 21.2. The minimum atomic E-state index is -4.56. The fraction of sp³-hybridized carbons (Fsp3) is 0.333. The summed E-state index contributed by atoms with van der Waals surface area (Å²) in [6, 6.07) is 4.57. The smallest absolute Gasteiger partial charge is 0.416 e. The molecule has 150 valence electrons. The fourth-order valence-corrected chi connectivity index (χ4v) is 2.39. The van der Waals surface area contributed by atoms with Crippen molar-refractivity contribution in [1.82, 2.24) is 15.1 Å². The van der Waals surface area contributed by atoms with E-state index in [9.17, 15) is 27.6 Å². The Balaban J connectivity index is 2.44. The molecule has 0 saturated carbocycles. The SMILES string of the molecule is Cc1cc(=O)c(C(=O)NC(C)C(C)C(=O)O)nn1-c1cccc(C(F)(F)F)c1. The first kappa shape index (κ1) is 21.1. The number of aryl methyl sites for hydroxylation is 1. The zero-order valence-electron chi connectivity index (χ0n) is 15.2. The largest absolute Gasteiger partial charge is 0.481 e. The van der Waals surface area contributed by atoms with Crippen LogP contribution in [-0.2, 0) is 11.0 Å². The molecule has 2 unspecified atom stereocenters. The number of carbonyl (C=O) groups excluding carboxylic acids is 1. The van der Waals surface area contributed by atoms with E-state index in [-0.39, 0.29) is 11.4 Å². The summed E-state index contributed by atoms with van der Waals surface area (Å²) in [6.45, 7) is 4.30. The van der Waals surface area contributed by atoms with Crippen molar-refractivity contribution in [3.05, 3.63) is 57.5 Å². The molecule has 2 atom stereocenters. The first-order valence-electron chi connectivity index (χ1n) is 8.24. The Morgan fingerprint density at radius 1 is 1.21 bits per heavy atom. The summed E-state index contributed by atoms with van der Waals surface area (Å²) in [6.07, 6.45) is -4.56. The molecule has 1 amide bonds. The number of aliphatic carboxylic acids is 1. The van der Waals surface area contributed by atoms with Crippen LogP contribution in [0.2, 0.25) is 0 Å². The van der Waals surface area contributed by atoms with Crippen LogP contribution in [0, 0.1) is 12.8 Å². The van der Waals surface area contributed by atoms with Crippen LogP contribution in [0.15, 0.2) is 35.1 Å². The van der Waals surface area contributed by atoms with Crippen molar-refractivity contribution in [3.63, 3.8) is 0 Å². The normalized spacial score (nSPS) is 13.6. The van der Waals surface area contributed by atoms with E-state index in [0.29, 0.717) is 0 Å². The Bertz CT molecular complexity index is 969. The number of alkyl halides is 3. The van der Waals surface area contributed by atoms with Gasteiger partial charge in [0.25, 0.3) is 5.91 Å². The van der Waals surface area contributed by atoms with Gasteiger partial charge >= 0.3 is 12.1 Å². The molecule has 1 aromatic carbocycles. The second-order valence-corrected chi connectivity index (χ2v) is 6.35. The lowest BCUT2D eigenvalue weighted by atomic mass is 10.0. The summed E-state index contributed by atoms with van der Waals surface area (Å²) < 4.78 is 39.9. The Labute approximate surface area is 157 Å². The number of benzene rings is 1. The van der Waals surface area contributed by atoms with Crippen molar-refractivity contribution in [2.45, 2.75) is 33.0 Å². The molecule has 2 N–H and O–H groups in total. The number of hydrogen-bond acceptors (Lipinski definition) is 4. The molecule has 0 fully saturated rings. The van der Waals surface area contributed by atoms with Crippen LogP contribution in [0.1, 0.15) is 35.6 Å².